The Hall–Kier alpha value is -3.63. The van der Waals surface area contributed by atoms with Gasteiger partial charge in [0.15, 0.2) is 0 Å². The first kappa shape index (κ1) is 17.5. The normalized spacial score (nSPS) is 18.5. The molecule has 3 heterocycles. The zero-order valence-electron chi connectivity index (χ0n) is 14.8. The van der Waals surface area contributed by atoms with Crippen molar-refractivity contribution in [3.63, 3.8) is 0 Å². The summed E-state index contributed by atoms with van der Waals surface area (Å²) in [4.78, 5) is 16.2. The summed E-state index contributed by atoms with van der Waals surface area (Å²) in [6, 6.07) is 9.90. The number of esters is 1. The van der Waals surface area contributed by atoms with Crippen molar-refractivity contribution in [3.05, 3.63) is 92.9 Å². The number of allylic oxidation sites excluding steroid dienone is 1. The van der Waals surface area contributed by atoms with Crippen molar-refractivity contribution in [2.45, 2.75) is 5.92 Å². The average molecular weight is 407 g/mol. The number of aromatic nitrogens is 2. The molecule has 0 fully saturated rings. The molecule has 0 saturated heterocycles. The van der Waals surface area contributed by atoms with Crippen LogP contribution in [0.4, 0.5) is 4.39 Å². The molecular formula is C21H12ClFN4O2. The lowest BCUT2D eigenvalue weighted by molar-refractivity contribution is -0.136. The fraction of sp³-hybridized carbons (Fsp3) is 0.0952. The van der Waals surface area contributed by atoms with Gasteiger partial charge < -0.3 is 10.1 Å². The quantitative estimate of drug-likeness (QED) is 0.495. The van der Waals surface area contributed by atoms with Gasteiger partial charge in [-0.05, 0) is 35.4 Å². The number of halogens is 2. The van der Waals surface area contributed by atoms with Gasteiger partial charge in [-0.2, -0.15) is 5.10 Å². The zero-order chi connectivity index (χ0) is 20.1. The third kappa shape index (κ3) is 2.69. The molecule has 2 aromatic carbocycles. The highest BCUT2D eigenvalue weighted by Gasteiger charge is 2.41. The molecule has 0 amide bonds. The van der Waals surface area contributed by atoms with Gasteiger partial charge in [-0.25, -0.2) is 14.0 Å². The largest absolute Gasteiger partial charge is 0.456 e. The third-order valence-electron chi connectivity index (χ3n) is 5.11. The lowest BCUT2D eigenvalue weighted by atomic mass is 9.83. The van der Waals surface area contributed by atoms with Gasteiger partial charge in [-0.1, -0.05) is 23.7 Å². The molecule has 0 saturated carbocycles. The number of nitrogens with one attached hydrogen (secondary N) is 2. The SMILES string of the molecule is [C-]#[N+]C1=C(c2ccc(Cl)cc2)NC2=C(C(=O)OC2)C1c1cc2cn[nH]c2cc1F. The summed E-state index contributed by atoms with van der Waals surface area (Å²) < 4.78 is 20.3. The van der Waals surface area contributed by atoms with Crippen LogP contribution in [0.1, 0.15) is 17.0 Å². The van der Waals surface area contributed by atoms with E-state index in [4.69, 9.17) is 22.9 Å². The molecule has 142 valence electrons. The van der Waals surface area contributed by atoms with Crippen molar-refractivity contribution in [1.82, 2.24) is 15.5 Å². The molecular weight excluding hydrogens is 395 g/mol. The second-order valence-electron chi connectivity index (χ2n) is 6.74. The molecule has 0 aliphatic carbocycles. The maximum atomic E-state index is 15.1. The number of H-pyrrole nitrogens is 1. The smallest absolute Gasteiger partial charge is 0.335 e. The van der Waals surface area contributed by atoms with Crippen LogP contribution in [0.15, 0.2) is 59.6 Å². The first-order chi connectivity index (χ1) is 14.1. The van der Waals surface area contributed by atoms with Gasteiger partial charge in [-0.3, -0.25) is 5.10 Å². The van der Waals surface area contributed by atoms with E-state index in [-0.39, 0.29) is 23.4 Å². The number of ether oxygens (including phenoxy) is 1. The Kier molecular flexibility index (Phi) is 3.89. The maximum absolute atomic E-state index is 15.1. The fourth-order valence-electron chi connectivity index (χ4n) is 3.77. The number of carbonyl (C=O) groups excluding carboxylic acids is 1. The van der Waals surface area contributed by atoms with E-state index in [1.54, 1.807) is 36.5 Å². The van der Waals surface area contributed by atoms with Crippen LogP contribution >= 0.6 is 11.6 Å². The maximum Gasteiger partial charge on any atom is 0.335 e. The number of cyclic esters (lactones) is 1. The highest BCUT2D eigenvalue weighted by molar-refractivity contribution is 6.30. The van der Waals surface area contributed by atoms with Gasteiger partial charge in [0.2, 0.25) is 5.70 Å². The van der Waals surface area contributed by atoms with Crippen molar-refractivity contribution >= 4 is 34.2 Å². The van der Waals surface area contributed by atoms with Gasteiger partial charge in [0, 0.05) is 16.1 Å². The lowest BCUT2D eigenvalue weighted by Gasteiger charge is -2.27. The van der Waals surface area contributed by atoms with Crippen LogP contribution in [-0.4, -0.2) is 22.8 Å². The summed E-state index contributed by atoms with van der Waals surface area (Å²) in [5, 5.41) is 11.0. The van der Waals surface area contributed by atoms with Crippen molar-refractivity contribution in [2.24, 2.45) is 0 Å². The van der Waals surface area contributed by atoms with Crippen LogP contribution in [0.2, 0.25) is 5.02 Å². The van der Waals surface area contributed by atoms with E-state index in [2.05, 4.69) is 20.4 Å². The standard InChI is InChI=1S/C21H12ClFN4O2/c1-24-20-17(13-6-11-8-25-27-15(11)7-14(13)23)18-16(9-29-21(18)28)26-19(20)10-2-4-12(22)5-3-10/h2-8,17,26H,9H2,(H,25,27). The number of hydrogen-bond donors (Lipinski definition) is 2. The molecule has 29 heavy (non-hydrogen) atoms. The molecule has 0 spiro atoms. The molecule has 6 nitrogen and oxygen atoms in total. The van der Waals surface area contributed by atoms with Crippen LogP contribution in [0.25, 0.3) is 21.4 Å². The van der Waals surface area contributed by atoms with Gasteiger partial charge in [-0.15, -0.1) is 0 Å². The lowest BCUT2D eigenvalue weighted by Crippen LogP contribution is -2.26. The molecule has 8 heteroatoms. The Labute approximate surface area is 169 Å². The van der Waals surface area contributed by atoms with Crippen molar-refractivity contribution in [2.75, 3.05) is 6.61 Å². The zero-order valence-corrected chi connectivity index (χ0v) is 15.5. The van der Waals surface area contributed by atoms with E-state index >= 15 is 4.39 Å². The van der Waals surface area contributed by atoms with E-state index in [0.717, 1.165) is 0 Å². The number of carbonyl (C=O) groups is 1. The molecule has 1 unspecified atom stereocenters. The molecule has 1 atom stereocenters. The number of aromatic amines is 1. The number of benzene rings is 2. The minimum absolute atomic E-state index is 0.0443. The topological polar surface area (TPSA) is 71.4 Å². The number of nitrogens with zero attached hydrogens (tertiary/aromatic N) is 2. The minimum atomic E-state index is -0.885. The Bertz CT molecular complexity index is 1280. The van der Waals surface area contributed by atoms with Crippen LogP contribution in [0, 0.1) is 12.4 Å². The first-order valence-corrected chi connectivity index (χ1v) is 9.12. The second-order valence-corrected chi connectivity index (χ2v) is 7.17. The van der Waals surface area contributed by atoms with Gasteiger partial charge in [0.25, 0.3) is 0 Å². The molecule has 0 bridgehead atoms. The van der Waals surface area contributed by atoms with Gasteiger partial charge >= 0.3 is 5.97 Å². The average Bonchev–Trinajstić information content (AvgIpc) is 3.32. The number of rotatable bonds is 2. The van der Waals surface area contributed by atoms with Crippen LogP contribution < -0.4 is 5.32 Å². The summed E-state index contributed by atoms with van der Waals surface area (Å²) in [7, 11) is 0. The van der Waals surface area contributed by atoms with Crippen molar-refractivity contribution < 1.29 is 13.9 Å². The Balaban J connectivity index is 1.77. The highest BCUT2D eigenvalue weighted by Crippen LogP contribution is 2.45. The minimum Gasteiger partial charge on any atom is -0.456 e. The number of hydrogen-bond acceptors (Lipinski definition) is 4. The monoisotopic (exact) mass is 406 g/mol. The first-order valence-electron chi connectivity index (χ1n) is 8.74. The molecule has 5 rings (SSSR count). The molecule has 1 aromatic heterocycles. The van der Waals surface area contributed by atoms with Crippen molar-refractivity contribution in [1.29, 1.82) is 0 Å². The summed E-state index contributed by atoms with van der Waals surface area (Å²) in [6.07, 6.45) is 1.57. The molecule has 0 radical (unpaired) electrons. The van der Waals surface area contributed by atoms with E-state index in [0.29, 0.717) is 32.9 Å². The summed E-state index contributed by atoms with van der Waals surface area (Å²) in [5.74, 6) is -1.97. The number of fused-ring (bicyclic) bond motifs is 1. The van der Waals surface area contributed by atoms with Crippen molar-refractivity contribution in [3.8, 4) is 0 Å². The third-order valence-corrected chi connectivity index (χ3v) is 5.36. The van der Waals surface area contributed by atoms with Crippen LogP contribution in [0.3, 0.4) is 0 Å². The molecule has 2 aliphatic heterocycles. The summed E-state index contributed by atoms with van der Waals surface area (Å²) >= 11 is 5.99. The highest BCUT2D eigenvalue weighted by atomic mass is 35.5. The number of dihydropyridines is 1. The Morgan fingerprint density at radius 3 is 2.83 bits per heavy atom. The van der Waals surface area contributed by atoms with Crippen LogP contribution in [-0.2, 0) is 9.53 Å². The van der Waals surface area contributed by atoms with Gasteiger partial charge in [0.1, 0.15) is 12.4 Å². The Morgan fingerprint density at radius 2 is 2.07 bits per heavy atom. The van der Waals surface area contributed by atoms with E-state index in [9.17, 15) is 4.79 Å². The Morgan fingerprint density at radius 1 is 1.28 bits per heavy atom. The summed E-state index contributed by atoms with van der Waals surface area (Å²) in [6.45, 7) is 7.85. The molecule has 2 aliphatic rings. The summed E-state index contributed by atoms with van der Waals surface area (Å²) in [5.41, 5.74) is 2.98. The molecule has 2 N–H and O–H groups in total. The predicted molar refractivity (Wildman–Crippen MR) is 105 cm³/mol. The molecule has 3 aromatic rings. The fourth-order valence-corrected chi connectivity index (χ4v) is 3.90. The van der Waals surface area contributed by atoms with E-state index < -0.39 is 17.7 Å². The van der Waals surface area contributed by atoms with Gasteiger partial charge in [0.05, 0.1) is 35.5 Å². The second kappa shape index (κ2) is 6.47. The predicted octanol–water partition coefficient (Wildman–Crippen LogP) is 4.14. The van der Waals surface area contributed by atoms with E-state index in [1.807, 2.05) is 0 Å². The van der Waals surface area contributed by atoms with Crippen LogP contribution in [0.5, 0.6) is 0 Å². The van der Waals surface area contributed by atoms with E-state index in [1.165, 1.54) is 6.07 Å².